The second kappa shape index (κ2) is 26.9. The first-order valence-corrected chi connectivity index (χ1v) is 25.0. The maximum atomic E-state index is 13.2. The van der Waals surface area contributed by atoms with Gasteiger partial charge in [-0.25, -0.2) is 0 Å². The van der Waals surface area contributed by atoms with Crippen LogP contribution in [0.4, 0.5) is 0 Å². The number of nitrogens with zero attached hydrogens (tertiary/aromatic N) is 6. The average Bonchev–Trinajstić information content (AvgIpc) is 3.44. The van der Waals surface area contributed by atoms with Gasteiger partial charge in [0.25, 0.3) is 11.8 Å². The van der Waals surface area contributed by atoms with Gasteiger partial charge in [-0.3, -0.25) is 30.2 Å². The normalized spacial score (nSPS) is 19.7. The first kappa shape index (κ1) is 53.5. The maximum Gasteiger partial charge on any atom is 0.255 e. The Balaban J connectivity index is 0.000000239. The standard InChI is InChI=1S/C32H37N5O2.C26H33N5O2/c1-3-34-31(36-24-33)37(22-25-12-6-4-7-13-25)27-18-20-32(21-19-27,26-14-8-5-9-15-26)23-35-30(38)28-16-10-11-17-29(28)39-2;1-4-28-25(30-19-27)31(2)21-14-16-26(17-15-21,20-10-6-5-7-11-20)18-29-24(32)22-12-8-9-13-23(22)33-3/h4-17,27H,3,18-23H2,1-2H3,(H,34,36)(H,35,38);5-13,21H,4,14-18H2,1-3H3,(H,28,30)(H,29,32). The number of hydrogen-bond donors (Lipinski definition) is 4. The minimum absolute atomic E-state index is 0.127. The Labute approximate surface area is 426 Å². The van der Waals surface area contributed by atoms with Crippen molar-refractivity contribution in [2.75, 3.05) is 47.4 Å². The lowest BCUT2D eigenvalue weighted by molar-refractivity contribution is 0.0918. The molecule has 4 N–H and O–H groups in total. The van der Waals surface area contributed by atoms with Crippen LogP contribution in [-0.4, -0.2) is 93.1 Å². The van der Waals surface area contributed by atoms with Crippen LogP contribution >= 0.6 is 0 Å². The predicted molar refractivity (Wildman–Crippen MR) is 285 cm³/mol. The van der Waals surface area contributed by atoms with Gasteiger partial charge >= 0.3 is 0 Å². The van der Waals surface area contributed by atoms with Gasteiger partial charge in [0.2, 0.25) is 11.9 Å². The first-order chi connectivity index (χ1) is 35.1. The molecule has 0 saturated heterocycles. The molecular weight excluding hydrogens is 901 g/mol. The van der Waals surface area contributed by atoms with Crippen LogP contribution in [0.3, 0.4) is 0 Å². The van der Waals surface area contributed by atoms with E-state index in [1.165, 1.54) is 16.7 Å². The smallest absolute Gasteiger partial charge is 0.255 e. The van der Waals surface area contributed by atoms with Crippen molar-refractivity contribution in [2.45, 2.75) is 94.7 Å². The van der Waals surface area contributed by atoms with Crippen LogP contribution in [-0.2, 0) is 17.4 Å². The number of nitriles is 2. The number of carbonyl (C=O) groups excluding carboxylic acids is 2. The van der Waals surface area contributed by atoms with E-state index in [-0.39, 0.29) is 34.7 Å². The van der Waals surface area contributed by atoms with Crippen molar-refractivity contribution < 1.29 is 19.1 Å². The number of carbonyl (C=O) groups is 2. The number of ether oxygens (including phenoxy) is 2. The molecule has 5 aromatic rings. The summed E-state index contributed by atoms with van der Waals surface area (Å²) in [6, 6.07) is 46.3. The number of hydrogen-bond acceptors (Lipinski definition) is 8. The van der Waals surface area contributed by atoms with Crippen molar-refractivity contribution in [1.29, 1.82) is 10.5 Å². The van der Waals surface area contributed by atoms with E-state index in [1.54, 1.807) is 38.5 Å². The average molecular weight is 971 g/mol. The van der Waals surface area contributed by atoms with E-state index < -0.39 is 0 Å². The molecule has 7 rings (SSSR count). The molecule has 376 valence electrons. The molecular formula is C58H70N10O4. The van der Waals surface area contributed by atoms with Gasteiger partial charge in [-0.1, -0.05) is 115 Å². The summed E-state index contributed by atoms with van der Waals surface area (Å²) in [5.74, 6) is 2.11. The van der Waals surface area contributed by atoms with Gasteiger partial charge in [-0.2, -0.15) is 10.5 Å². The van der Waals surface area contributed by atoms with Crippen molar-refractivity contribution >= 4 is 23.7 Å². The van der Waals surface area contributed by atoms with Gasteiger partial charge < -0.3 is 29.9 Å². The molecule has 2 fully saturated rings. The molecule has 0 atom stereocenters. The zero-order chi connectivity index (χ0) is 51.2. The van der Waals surface area contributed by atoms with E-state index >= 15 is 0 Å². The fourth-order valence-electron chi connectivity index (χ4n) is 10.3. The molecule has 72 heavy (non-hydrogen) atoms. The fraction of sp³-hybridized carbons (Fsp3) is 0.379. The molecule has 14 heteroatoms. The van der Waals surface area contributed by atoms with Gasteiger partial charge in [0.15, 0.2) is 12.4 Å². The molecule has 2 amide bonds. The molecule has 14 nitrogen and oxygen atoms in total. The van der Waals surface area contributed by atoms with Crippen molar-refractivity contribution in [3.63, 3.8) is 0 Å². The zero-order valence-electron chi connectivity index (χ0n) is 42.4. The molecule has 0 aliphatic heterocycles. The quantitative estimate of drug-likeness (QED) is 0.0323. The number of para-hydroxylation sites is 2. The van der Waals surface area contributed by atoms with Crippen LogP contribution < -0.4 is 30.7 Å². The Kier molecular flexibility index (Phi) is 20.0. The Morgan fingerprint density at radius 1 is 0.583 bits per heavy atom. The van der Waals surface area contributed by atoms with Crippen LogP contribution in [0, 0.1) is 22.9 Å². The molecule has 0 aromatic heterocycles. The van der Waals surface area contributed by atoms with E-state index in [0.717, 1.165) is 51.4 Å². The second-order valence-corrected chi connectivity index (χ2v) is 18.3. The number of rotatable bonds is 16. The van der Waals surface area contributed by atoms with Gasteiger partial charge in [0.05, 0.1) is 25.3 Å². The number of aliphatic imine (C=N–C) groups is 2. The summed E-state index contributed by atoms with van der Waals surface area (Å²) in [5, 5.41) is 30.5. The zero-order valence-corrected chi connectivity index (χ0v) is 42.4. The maximum absolute atomic E-state index is 13.2. The van der Waals surface area contributed by atoms with Crippen LogP contribution in [0.1, 0.15) is 103 Å². The van der Waals surface area contributed by atoms with Crippen molar-refractivity contribution in [2.24, 2.45) is 9.98 Å². The molecule has 0 heterocycles. The number of nitrogens with one attached hydrogen (secondary N) is 4. The van der Waals surface area contributed by atoms with Gasteiger partial charge in [-0.05, 0) is 106 Å². The summed E-state index contributed by atoms with van der Waals surface area (Å²) < 4.78 is 10.8. The third-order valence-electron chi connectivity index (χ3n) is 14.2. The highest BCUT2D eigenvalue weighted by molar-refractivity contribution is 5.97. The predicted octanol–water partition coefficient (Wildman–Crippen LogP) is 8.94. The summed E-state index contributed by atoms with van der Waals surface area (Å²) in [5.41, 5.74) is 4.37. The van der Waals surface area contributed by atoms with Crippen LogP contribution in [0.2, 0.25) is 0 Å². The van der Waals surface area contributed by atoms with E-state index in [9.17, 15) is 14.9 Å². The Hall–Kier alpha value is -7.84. The number of benzene rings is 5. The third-order valence-corrected chi connectivity index (χ3v) is 14.2. The molecule has 5 aromatic carbocycles. The monoisotopic (exact) mass is 971 g/mol. The van der Waals surface area contributed by atoms with E-state index in [1.807, 2.05) is 81.7 Å². The van der Waals surface area contributed by atoms with E-state index in [4.69, 9.17) is 14.7 Å². The van der Waals surface area contributed by atoms with Crippen molar-refractivity contribution in [3.8, 4) is 23.9 Å². The Morgan fingerprint density at radius 2 is 0.972 bits per heavy atom. The minimum Gasteiger partial charge on any atom is -0.496 e. The van der Waals surface area contributed by atoms with Crippen LogP contribution in [0.25, 0.3) is 0 Å². The lowest BCUT2D eigenvalue weighted by Crippen LogP contribution is -2.51. The summed E-state index contributed by atoms with van der Waals surface area (Å²) in [6.07, 6.45) is 11.4. The summed E-state index contributed by atoms with van der Waals surface area (Å²) in [4.78, 5) is 39.6. The molecule has 0 spiro atoms. The molecule has 2 aliphatic carbocycles. The molecule has 0 radical (unpaired) electrons. The molecule has 0 bridgehead atoms. The third kappa shape index (κ3) is 13.7. The second-order valence-electron chi connectivity index (χ2n) is 18.3. The lowest BCUT2D eigenvalue weighted by atomic mass is 9.67. The summed E-state index contributed by atoms with van der Waals surface area (Å²) in [6.45, 7) is 6.89. The Morgan fingerprint density at radius 3 is 1.40 bits per heavy atom. The van der Waals surface area contributed by atoms with Crippen LogP contribution in [0.5, 0.6) is 11.5 Å². The minimum atomic E-state index is -0.196. The first-order valence-electron chi connectivity index (χ1n) is 25.0. The van der Waals surface area contributed by atoms with Crippen molar-refractivity contribution in [3.05, 3.63) is 167 Å². The highest BCUT2D eigenvalue weighted by Crippen LogP contribution is 2.42. The van der Waals surface area contributed by atoms with Gasteiger partial charge in [-0.15, -0.1) is 0 Å². The van der Waals surface area contributed by atoms with Crippen molar-refractivity contribution in [1.82, 2.24) is 31.1 Å². The SMILES string of the molecule is CCN=C(NC#N)N(C)C1CCC(CNC(=O)c2ccccc2OC)(c2ccccc2)CC1.CCN=C(NC#N)N(Cc1ccccc1)C1CCC(CNC(=O)c2ccccc2OC)(c2ccccc2)CC1. The fourth-order valence-corrected chi connectivity index (χ4v) is 10.3. The highest BCUT2D eigenvalue weighted by atomic mass is 16.5. The molecule has 2 saturated carbocycles. The summed E-state index contributed by atoms with van der Waals surface area (Å²) >= 11 is 0. The van der Waals surface area contributed by atoms with Gasteiger partial charge in [0.1, 0.15) is 11.5 Å². The Bertz CT molecular complexity index is 2630. The molecule has 0 unspecified atom stereocenters. The largest absolute Gasteiger partial charge is 0.496 e. The lowest BCUT2D eigenvalue weighted by Gasteiger charge is -2.44. The van der Waals surface area contributed by atoms with Crippen LogP contribution in [0.15, 0.2) is 150 Å². The molecule has 2 aliphatic rings. The summed E-state index contributed by atoms with van der Waals surface area (Å²) in [7, 11) is 5.15. The van der Waals surface area contributed by atoms with E-state index in [0.29, 0.717) is 67.3 Å². The highest BCUT2D eigenvalue weighted by Gasteiger charge is 2.41. The van der Waals surface area contributed by atoms with E-state index in [2.05, 4.69) is 108 Å². The van der Waals surface area contributed by atoms with Gasteiger partial charge in [0, 0.05) is 62.7 Å². The number of methoxy groups -OCH3 is 2. The number of guanidine groups is 2. The number of amides is 2. The topological polar surface area (TPSA) is 180 Å².